The molecular weight excluding hydrogens is 408 g/mol. The summed E-state index contributed by atoms with van der Waals surface area (Å²) in [6, 6.07) is 7.40. The van der Waals surface area contributed by atoms with Crippen LogP contribution in [0.5, 0.6) is 5.75 Å². The van der Waals surface area contributed by atoms with Gasteiger partial charge in [-0.25, -0.2) is 9.97 Å². The highest BCUT2D eigenvalue weighted by molar-refractivity contribution is 7.18. The van der Waals surface area contributed by atoms with Crippen LogP contribution >= 0.6 is 22.9 Å². The predicted octanol–water partition coefficient (Wildman–Crippen LogP) is 4.28. The molecule has 0 aliphatic carbocycles. The quantitative estimate of drug-likeness (QED) is 0.562. The second-order valence-corrected chi connectivity index (χ2v) is 8.71. The molecule has 1 aliphatic heterocycles. The Labute approximate surface area is 179 Å². The van der Waals surface area contributed by atoms with Gasteiger partial charge in [-0.15, -0.1) is 11.3 Å². The molecule has 6 nitrogen and oxygen atoms in total. The normalized spacial score (nSPS) is 15.0. The lowest BCUT2D eigenvalue weighted by Crippen LogP contribution is -2.36. The number of benzene rings is 1. The van der Waals surface area contributed by atoms with Crippen molar-refractivity contribution >= 4 is 39.0 Å². The summed E-state index contributed by atoms with van der Waals surface area (Å²) in [5.74, 6) is 2.54. The van der Waals surface area contributed by atoms with E-state index in [2.05, 4.69) is 24.1 Å². The second kappa shape index (κ2) is 9.26. The zero-order valence-corrected chi connectivity index (χ0v) is 18.3. The van der Waals surface area contributed by atoms with Crippen LogP contribution < -0.4 is 10.1 Å². The van der Waals surface area contributed by atoms with E-state index in [1.54, 1.807) is 11.3 Å². The van der Waals surface area contributed by atoms with Crippen molar-refractivity contribution in [3.05, 3.63) is 45.6 Å². The van der Waals surface area contributed by atoms with Gasteiger partial charge in [0.05, 0.1) is 31.7 Å². The molecule has 0 radical (unpaired) electrons. The van der Waals surface area contributed by atoms with Crippen molar-refractivity contribution in [2.45, 2.75) is 20.4 Å². The molecule has 0 atom stereocenters. The van der Waals surface area contributed by atoms with Crippen molar-refractivity contribution < 1.29 is 9.47 Å². The smallest absolute Gasteiger partial charge is 0.146 e. The third-order valence-electron chi connectivity index (χ3n) is 5.02. The summed E-state index contributed by atoms with van der Waals surface area (Å²) in [4.78, 5) is 14.3. The van der Waals surface area contributed by atoms with Gasteiger partial charge in [-0.3, -0.25) is 4.90 Å². The molecule has 3 heterocycles. The summed E-state index contributed by atoms with van der Waals surface area (Å²) in [5, 5.41) is 5.28. The lowest BCUT2D eigenvalue weighted by Gasteiger charge is -2.25. The highest BCUT2D eigenvalue weighted by Crippen LogP contribution is 2.33. The van der Waals surface area contributed by atoms with Crippen molar-refractivity contribution in [1.82, 2.24) is 14.9 Å². The number of nitrogens with zero attached hydrogens (tertiary/aromatic N) is 3. The van der Waals surface area contributed by atoms with Gasteiger partial charge in [0.25, 0.3) is 0 Å². The SMILES string of the molecule is Cc1sc2nc(CN3CCOCC3)nc(NCCOc3ccc(Cl)cc3)c2c1C. The standard InChI is InChI=1S/C21H25ClN4O2S/c1-14-15(2)29-21-19(14)20(23-7-10-28-17-5-3-16(22)4-6-17)24-18(25-21)13-26-8-11-27-12-9-26/h3-6H,7-13H2,1-2H3,(H,23,24,25). The number of hydrogen-bond donors (Lipinski definition) is 1. The van der Waals surface area contributed by atoms with Crippen LogP contribution in [0.3, 0.4) is 0 Å². The average molecular weight is 433 g/mol. The highest BCUT2D eigenvalue weighted by atomic mass is 35.5. The third-order valence-corrected chi connectivity index (χ3v) is 6.37. The van der Waals surface area contributed by atoms with Gasteiger partial charge in [0.15, 0.2) is 0 Å². The molecule has 0 amide bonds. The zero-order chi connectivity index (χ0) is 20.2. The van der Waals surface area contributed by atoms with Gasteiger partial charge < -0.3 is 14.8 Å². The number of fused-ring (bicyclic) bond motifs is 1. The van der Waals surface area contributed by atoms with Gasteiger partial charge in [0.1, 0.15) is 28.8 Å². The van der Waals surface area contributed by atoms with E-state index in [1.807, 2.05) is 24.3 Å². The van der Waals surface area contributed by atoms with Gasteiger partial charge in [-0.2, -0.15) is 0 Å². The van der Waals surface area contributed by atoms with Gasteiger partial charge >= 0.3 is 0 Å². The molecule has 0 unspecified atom stereocenters. The first-order chi connectivity index (χ1) is 14.1. The number of rotatable bonds is 7. The molecule has 29 heavy (non-hydrogen) atoms. The minimum absolute atomic E-state index is 0.536. The van der Waals surface area contributed by atoms with Crippen LogP contribution in [0.25, 0.3) is 10.2 Å². The summed E-state index contributed by atoms with van der Waals surface area (Å²) in [6.45, 7) is 9.58. The number of hydrogen-bond acceptors (Lipinski definition) is 7. The van der Waals surface area contributed by atoms with E-state index in [9.17, 15) is 0 Å². The maximum atomic E-state index is 5.92. The van der Waals surface area contributed by atoms with E-state index in [1.165, 1.54) is 10.4 Å². The first-order valence-corrected chi connectivity index (χ1v) is 11.0. The molecule has 4 rings (SSSR count). The molecule has 1 aliphatic rings. The molecule has 2 aromatic heterocycles. The number of thiophene rings is 1. The Hall–Kier alpha value is -1.93. The molecule has 1 saturated heterocycles. The summed E-state index contributed by atoms with van der Waals surface area (Å²) in [7, 11) is 0. The Balaban J connectivity index is 1.47. The van der Waals surface area contributed by atoms with Crippen molar-refractivity contribution in [2.24, 2.45) is 0 Å². The topological polar surface area (TPSA) is 59.5 Å². The van der Waals surface area contributed by atoms with Gasteiger partial charge in [0.2, 0.25) is 0 Å². The fraction of sp³-hybridized carbons (Fsp3) is 0.429. The van der Waals surface area contributed by atoms with Gasteiger partial charge in [0, 0.05) is 23.0 Å². The molecule has 1 aromatic carbocycles. The molecule has 3 aromatic rings. The largest absolute Gasteiger partial charge is 0.492 e. The highest BCUT2D eigenvalue weighted by Gasteiger charge is 2.17. The Morgan fingerprint density at radius 1 is 1.17 bits per heavy atom. The Morgan fingerprint density at radius 2 is 1.93 bits per heavy atom. The summed E-state index contributed by atoms with van der Waals surface area (Å²) in [6.07, 6.45) is 0. The summed E-state index contributed by atoms with van der Waals surface area (Å²) < 4.78 is 11.2. The number of aryl methyl sites for hydroxylation is 2. The molecule has 154 valence electrons. The van der Waals surface area contributed by atoms with E-state index < -0.39 is 0 Å². The minimum Gasteiger partial charge on any atom is -0.492 e. The number of nitrogens with one attached hydrogen (secondary N) is 1. The third kappa shape index (κ3) is 4.98. The van der Waals surface area contributed by atoms with Crippen LogP contribution in [0.15, 0.2) is 24.3 Å². The minimum atomic E-state index is 0.536. The number of anilines is 1. The van der Waals surface area contributed by atoms with Gasteiger partial charge in [-0.05, 0) is 43.7 Å². The van der Waals surface area contributed by atoms with E-state index in [0.717, 1.165) is 60.5 Å². The zero-order valence-electron chi connectivity index (χ0n) is 16.7. The predicted molar refractivity (Wildman–Crippen MR) is 118 cm³/mol. The van der Waals surface area contributed by atoms with Crippen molar-refractivity contribution in [3.63, 3.8) is 0 Å². The lowest BCUT2D eigenvalue weighted by atomic mass is 10.2. The van der Waals surface area contributed by atoms with E-state index in [-0.39, 0.29) is 0 Å². The molecule has 0 spiro atoms. The molecule has 1 fully saturated rings. The Kier molecular flexibility index (Phi) is 6.50. The molecular formula is C21H25ClN4O2S. The molecule has 8 heteroatoms. The van der Waals surface area contributed by atoms with Crippen LogP contribution in [0.2, 0.25) is 5.02 Å². The van der Waals surface area contributed by atoms with Gasteiger partial charge in [-0.1, -0.05) is 11.6 Å². The average Bonchev–Trinajstić information content (AvgIpc) is 3.01. The van der Waals surface area contributed by atoms with Crippen molar-refractivity contribution in [1.29, 1.82) is 0 Å². The molecule has 1 N–H and O–H groups in total. The van der Waals surface area contributed by atoms with E-state index >= 15 is 0 Å². The van der Waals surface area contributed by atoms with Crippen molar-refractivity contribution in [2.75, 3.05) is 44.8 Å². The Morgan fingerprint density at radius 3 is 2.69 bits per heavy atom. The fourth-order valence-electron chi connectivity index (χ4n) is 3.32. The van der Waals surface area contributed by atoms with Crippen LogP contribution in [-0.2, 0) is 11.3 Å². The van der Waals surface area contributed by atoms with Crippen molar-refractivity contribution in [3.8, 4) is 5.75 Å². The van der Waals surface area contributed by atoms with Crippen LogP contribution in [-0.4, -0.2) is 54.3 Å². The Bertz CT molecular complexity index is 971. The number of halogens is 1. The monoisotopic (exact) mass is 432 g/mol. The fourth-order valence-corrected chi connectivity index (χ4v) is 4.49. The molecule has 0 bridgehead atoms. The van der Waals surface area contributed by atoms with Crippen LogP contribution in [0.4, 0.5) is 5.82 Å². The summed E-state index contributed by atoms with van der Waals surface area (Å²) >= 11 is 7.65. The van der Waals surface area contributed by atoms with Crippen LogP contribution in [0.1, 0.15) is 16.3 Å². The molecule has 0 saturated carbocycles. The first kappa shape index (κ1) is 20.3. The van der Waals surface area contributed by atoms with Crippen LogP contribution in [0, 0.1) is 13.8 Å². The number of aromatic nitrogens is 2. The lowest BCUT2D eigenvalue weighted by molar-refractivity contribution is 0.0331. The maximum Gasteiger partial charge on any atom is 0.146 e. The first-order valence-electron chi connectivity index (χ1n) is 9.79. The number of ether oxygens (including phenoxy) is 2. The maximum absolute atomic E-state index is 5.92. The van der Waals surface area contributed by atoms with E-state index in [4.69, 9.17) is 31.0 Å². The summed E-state index contributed by atoms with van der Waals surface area (Å²) in [5.41, 5.74) is 1.24. The van der Waals surface area contributed by atoms with E-state index in [0.29, 0.717) is 18.2 Å². The number of morpholine rings is 1. The second-order valence-electron chi connectivity index (χ2n) is 7.07.